The molecule has 144 valence electrons. The molecule has 1 aliphatic rings. The minimum Gasteiger partial charge on any atom is -0.496 e. The zero-order chi connectivity index (χ0) is 16.7. The summed E-state index contributed by atoms with van der Waals surface area (Å²) < 4.78 is 10.4. The maximum atomic E-state index is 12.1. The van der Waals surface area contributed by atoms with Gasteiger partial charge in [0.25, 0.3) is 0 Å². The molecule has 1 amide bonds. The van der Waals surface area contributed by atoms with Gasteiger partial charge in [0, 0.05) is 19.2 Å². The Morgan fingerprint density at radius 3 is 2.48 bits per heavy atom. The van der Waals surface area contributed by atoms with Crippen molar-refractivity contribution in [1.29, 1.82) is 0 Å². The van der Waals surface area contributed by atoms with E-state index in [0.29, 0.717) is 6.54 Å². The van der Waals surface area contributed by atoms with Gasteiger partial charge in [-0.15, -0.1) is 24.8 Å². The zero-order valence-corrected chi connectivity index (χ0v) is 16.4. The molecule has 0 radical (unpaired) electrons. The standard InChI is InChI=1S/C17H27N3O3.2ClH/c1-22-12-14(18)17(21)19-11-15(20-9-5-6-10-20)13-7-3-4-8-16(13)23-2;;/h3-4,7-8,14-15H,5-6,9-12,18H2,1-2H3,(H,19,21);2*1H. The molecule has 2 atom stereocenters. The Morgan fingerprint density at radius 2 is 1.88 bits per heavy atom. The van der Waals surface area contributed by atoms with Crippen LogP contribution in [0, 0.1) is 0 Å². The number of benzene rings is 1. The van der Waals surface area contributed by atoms with Crippen LogP contribution in [-0.2, 0) is 9.53 Å². The Morgan fingerprint density at radius 1 is 1.24 bits per heavy atom. The minimum absolute atomic E-state index is 0. The molecule has 1 aliphatic heterocycles. The number of halogens is 2. The molecule has 2 unspecified atom stereocenters. The van der Waals surface area contributed by atoms with Crippen LogP contribution in [0.2, 0.25) is 0 Å². The van der Waals surface area contributed by atoms with Crippen molar-refractivity contribution in [1.82, 2.24) is 10.2 Å². The smallest absolute Gasteiger partial charge is 0.239 e. The van der Waals surface area contributed by atoms with E-state index in [2.05, 4.69) is 16.3 Å². The Labute approximate surface area is 162 Å². The summed E-state index contributed by atoms with van der Waals surface area (Å²) in [5.41, 5.74) is 6.88. The van der Waals surface area contributed by atoms with E-state index >= 15 is 0 Å². The van der Waals surface area contributed by atoms with Gasteiger partial charge in [0.05, 0.1) is 19.8 Å². The molecular weight excluding hydrogens is 365 g/mol. The van der Waals surface area contributed by atoms with Gasteiger partial charge in [-0.1, -0.05) is 18.2 Å². The third kappa shape index (κ3) is 6.64. The largest absolute Gasteiger partial charge is 0.496 e. The van der Waals surface area contributed by atoms with Gasteiger partial charge in [-0.2, -0.15) is 0 Å². The first-order valence-corrected chi connectivity index (χ1v) is 8.06. The van der Waals surface area contributed by atoms with Crippen LogP contribution in [0.1, 0.15) is 24.4 Å². The summed E-state index contributed by atoms with van der Waals surface area (Å²) in [5, 5.41) is 2.95. The minimum atomic E-state index is -0.642. The van der Waals surface area contributed by atoms with Crippen molar-refractivity contribution in [2.24, 2.45) is 5.73 Å². The van der Waals surface area contributed by atoms with E-state index in [9.17, 15) is 4.79 Å². The van der Waals surface area contributed by atoms with E-state index in [4.69, 9.17) is 15.2 Å². The molecule has 3 N–H and O–H groups in total. The third-order valence-electron chi connectivity index (χ3n) is 4.23. The van der Waals surface area contributed by atoms with E-state index in [1.54, 1.807) is 7.11 Å². The second-order valence-corrected chi connectivity index (χ2v) is 5.81. The Hall–Kier alpha value is -1.05. The number of methoxy groups -OCH3 is 2. The lowest BCUT2D eigenvalue weighted by molar-refractivity contribution is -0.123. The van der Waals surface area contributed by atoms with E-state index in [1.165, 1.54) is 20.0 Å². The highest BCUT2D eigenvalue weighted by Gasteiger charge is 2.26. The lowest BCUT2D eigenvalue weighted by Gasteiger charge is -2.29. The molecule has 1 aromatic carbocycles. The van der Waals surface area contributed by atoms with Crippen molar-refractivity contribution >= 4 is 30.7 Å². The van der Waals surface area contributed by atoms with E-state index in [1.807, 2.05) is 18.2 Å². The topological polar surface area (TPSA) is 76.8 Å². The number of nitrogens with two attached hydrogens (primary N) is 1. The van der Waals surface area contributed by atoms with Crippen LogP contribution < -0.4 is 15.8 Å². The third-order valence-corrected chi connectivity index (χ3v) is 4.23. The first kappa shape index (κ1) is 23.9. The molecule has 6 nitrogen and oxygen atoms in total. The van der Waals surface area contributed by atoms with Gasteiger partial charge < -0.3 is 20.5 Å². The maximum absolute atomic E-state index is 12.1. The highest BCUT2D eigenvalue weighted by Crippen LogP contribution is 2.31. The summed E-state index contributed by atoms with van der Waals surface area (Å²) >= 11 is 0. The average molecular weight is 394 g/mol. The molecule has 0 aromatic heterocycles. The molecule has 0 saturated carbocycles. The molecule has 2 rings (SSSR count). The molecule has 1 saturated heterocycles. The fraction of sp³-hybridized carbons (Fsp3) is 0.588. The number of hydrogen-bond acceptors (Lipinski definition) is 5. The number of hydrogen-bond donors (Lipinski definition) is 2. The number of likely N-dealkylation sites (tertiary alicyclic amines) is 1. The van der Waals surface area contributed by atoms with Gasteiger partial charge >= 0.3 is 0 Å². The van der Waals surface area contributed by atoms with Crippen molar-refractivity contribution in [3.8, 4) is 5.75 Å². The zero-order valence-electron chi connectivity index (χ0n) is 14.8. The second-order valence-electron chi connectivity index (χ2n) is 5.81. The number of ether oxygens (including phenoxy) is 2. The molecule has 1 fully saturated rings. The molecule has 0 spiro atoms. The molecule has 0 aliphatic carbocycles. The SMILES string of the molecule is COCC(N)C(=O)NCC(c1ccccc1OC)N1CCCC1.Cl.Cl. The van der Waals surface area contributed by atoms with Crippen LogP contribution in [0.3, 0.4) is 0 Å². The van der Waals surface area contributed by atoms with Crippen LogP contribution in [0.25, 0.3) is 0 Å². The quantitative estimate of drug-likeness (QED) is 0.703. The van der Waals surface area contributed by atoms with Crippen LogP contribution in [0.15, 0.2) is 24.3 Å². The molecule has 1 aromatic rings. The Kier molecular flexibility index (Phi) is 11.8. The highest BCUT2D eigenvalue weighted by molar-refractivity contribution is 5.85. The average Bonchev–Trinajstić information content (AvgIpc) is 3.09. The number of amides is 1. The van der Waals surface area contributed by atoms with Crippen molar-refractivity contribution < 1.29 is 14.3 Å². The molecule has 0 bridgehead atoms. The van der Waals surface area contributed by atoms with E-state index in [-0.39, 0.29) is 43.4 Å². The van der Waals surface area contributed by atoms with Crippen LogP contribution in [0.5, 0.6) is 5.75 Å². The first-order chi connectivity index (χ1) is 11.2. The van der Waals surface area contributed by atoms with Crippen LogP contribution in [0.4, 0.5) is 0 Å². The summed E-state index contributed by atoms with van der Waals surface area (Å²) in [6.07, 6.45) is 2.37. The normalized spacial score (nSPS) is 16.3. The van der Waals surface area contributed by atoms with Crippen LogP contribution in [-0.4, -0.2) is 57.3 Å². The van der Waals surface area contributed by atoms with Crippen molar-refractivity contribution in [2.45, 2.75) is 24.9 Å². The van der Waals surface area contributed by atoms with E-state index < -0.39 is 6.04 Å². The van der Waals surface area contributed by atoms with Gasteiger partial charge in [-0.05, 0) is 32.0 Å². The van der Waals surface area contributed by atoms with Crippen LogP contribution >= 0.6 is 24.8 Å². The lowest BCUT2D eigenvalue weighted by atomic mass is 10.0. The fourth-order valence-corrected chi connectivity index (χ4v) is 3.01. The fourth-order valence-electron chi connectivity index (χ4n) is 3.01. The highest BCUT2D eigenvalue weighted by atomic mass is 35.5. The first-order valence-electron chi connectivity index (χ1n) is 8.06. The number of nitrogens with one attached hydrogen (secondary N) is 1. The van der Waals surface area contributed by atoms with Gasteiger partial charge in [0.2, 0.25) is 5.91 Å². The molecule has 1 heterocycles. The predicted octanol–water partition coefficient (Wildman–Crippen LogP) is 1.77. The van der Waals surface area contributed by atoms with Gasteiger partial charge in [-0.25, -0.2) is 0 Å². The number of carbonyl (C=O) groups is 1. The Balaban J connectivity index is 0.00000288. The molecule has 8 heteroatoms. The number of nitrogens with zero attached hydrogens (tertiary/aromatic N) is 1. The molecule has 25 heavy (non-hydrogen) atoms. The summed E-state index contributed by atoms with van der Waals surface area (Å²) in [5.74, 6) is 0.658. The summed E-state index contributed by atoms with van der Waals surface area (Å²) in [6.45, 7) is 2.79. The van der Waals surface area contributed by atoms with Crippen molar-refractivity contribution in [3.05, 3.63) is 29.8 Å². The van der Waals surface area contributed by atoms with E-state index in [0.717, 1.165) is 24.4 Å². The van der Waals surface area contributed by atoms with Gasteiger partial charge in [0.15, 0.2) is 0 Å². The summed E-state index contributed by atoms with van der Waals surface area (Å²) in [4.78, 5) is 14.5. The number of carbonyl (C=O) groups excluding carboxylic acids is 1. The van der Waals surface area contributed by atoms with Gasteiger partial charge in [-0.3, -0.25) is 9.69 Å². The number of para-hydroxylation sites is 1. The van der Waals surface area contributed by atoms with Crippen molar-refractivity contribution in [2.75, 3.05) is 40.5 Å². The second kappa shape index (κ2) is 12.3. The monoisotopic (exact) mass is 393 g/mol. The summed E-state index contributed by atoms with van der Waals surface area (Å²) in [7, 11) is 3.21. The Bertz CT molecular complexity index is 514. The van der Waals surface area contributed by atoms with Crippen molar-refractivity contribution in [3.63, 3.8) is 0 Å². The predicted molar refractivity (Wildman–Crippen MR) is 104 cm³/mol. The molecular formula is C17H29Cl2N3O3. The number of rotatable bonds is 8. The summed E-state index contributed by atoms with van der Waals surface area (Å²) in [6, 6.07) is 7.42. The lowest BCUT2D eigenvalue weighted by Crippen LogP contribution is -2.46. The van der Waals surface area contributed by atoms with Gasteiger partial charge in [0.1, 0.15) is 11.8 Å². The maximum Gasteiger partial charge on any atom is 0.239 e.